The average molecular weight is 499 g/mol. The summed E-state index contributed by atoms with van der Waals surface area (Å²) in [6.07, 6.45) is 3.03. The average Bonchev–Trinajstić information content (AvgIpc) is 3.18. The maximum absolute atomic E-state index is 13.4. The van der Waals surface area contributed by atoms with Gasteiger partial charge in [0.05, 0.1) is 17.9 Å². The molecule has 1 aromatic heterocycles. The van der Waals surface area contributed by atoms with Crippen LogP contribution in [0.1, 0.15) is 47.5 Å². The molecule has 1 heterocycles. The van der Waals surface area contributed by atoms with E-state index in [1.165, 1.54) is 11.3 Å². The normalized spacial score (nSPS) is 13.5. The number of hydrogen-bond donors (Lipinski definition) is 2. The molecule has 8 heteroatoms. The highest BCUT2D eigenvalue weighted by Gasteiger charge is 2.28. The molecule has 0 aliphatic heterocycles. The Morgan fingerprint density at radius 2 is 1.88 bits per heavy atom. The van der Waals surface area contributed by atoms with Gasteiger partial charge in [-0.2, -0.15) is 0 Å². The van der Waals surface area contributed by atoms with E-state index in [4.69, 9.17) is 21.1 Å². The van der Waals surface area contributed by atoms with Gasteiger partial charge in [-0.05, 0) is 75.4 Å². The van der Waals surface area contributed by atoms with Crippen LogP contribution in [0.25, 0.3) is 0 Å². The van der Waals surface area contributed by atoms with Gasteiger partial charge in [0.25, 0.3) is 11.8 Å². The van der Waals surface area contributed by atoms with Crippen LogP contribution < -0.4 is 20.1 Å². The van der Waals surface area contributed by atoms with Crippen molar-refractivity contribution in [1.29, 1.82) is 0 Å². The Morgan fingerprint density at radius 1 is 1.09 bits per heavy atom. The molecule has 4 rings (SSSR count). The zero-order valence-electron chi connectivity index (χ0n) is 19.2. The quantitative estimate of drug-likeness (QED) is 0.380. The zero-order chi connectivity index (χ0) is 24.1. The Labute approximate surface area is 208 Å². The lowest BCUT2D eigenvalue weighted by Crippen LogP contribution is -2.30. The number of rotatable bonds is 8. The van der Waals surface area contributed by atoms with E-state index in [-0.39, 0.29) is 11.8 Å². The number of carbonyl (C=O) groups is 2. The molecule has 0 radical (unpaired) electrons. The van der Waals surface area contributed by atoms with Gasteiger partial charge in [0.1, 0.15) is 16.5 Å². The second-order valence-electron chi connectivity index (χ2n) is 8.01. The van der Waals surface area contributed by atoms with E-state index >= 15 is 0 Å². The molecule has 3 aromatic rings. The van der Waals surface area contributed by atoms with E-state index in [1.807, 2.05) is 25.1 Å². The van der Waals surface area contributed by atoms with Gasteiger partial charge < -0.3 is 20.1 Å². The van der Waals surface area contributed by atoms with Gasteiger partial charge >= 0.3 is 0 Å². The van der Waals surface area contributed by atoms with Gasteiger partial charge in [-0.3, -0.25) is 9.59 Å². The number of ether oxygens (including phenoxy) is 2. The van der Waals surface area contributed by atoms with Crippen molar-refractivity contribution in [1.82, 2.24) is 0 Å². The third kappa shape index (κ3) is 5.54. The van der Waals surface area contributed by atoms with E-state index in [1.54, 1.807) is 37.3 Å². The largest absolute Gasteiger partial charge is 0.492 e. The summed E-state index contributed by atoms with van der Waals surface area (Å²) in [6, 6.07) is 14.2. The highest BCUT2D eigenvalue weighted by Crippen LogP contribution is 2.39. The fourth-order valence-electron chi connectivity index (χ4n) is 3.94. The minimum absolute atomic E-state index is 0.259. The van der Waals surface area contributed by atoms with E-state index in [0.29, 0.717) is 39.4 Å². The number of benzene rings is 2. The molecule has 6 nitrogen and oxygen atoms in total. The van der Waals surface area contributed by atoms with E-state index in [2.05, 4.69) is 10.6 Å². The zero-order valence-corrected chi connectivity index (χ0v) is 20.7. The van der Waals surface area contributed by atoms with Crippen LogP contribution >= 0.6 is 22.9 Å². The molecule has 0 bridgehead atoms. The summed E-state index contributed by atoms with van der Waals surface area (Å²) in [7, 11) is 0. The second-order valence-corrected chi connectivity index (χ2v) is 9.55. The standard InChI is InChI=1S/C26H27ClN2O4S/c1-3-32-21-13-6-5-12-20(21)28-25(31)23-19-11-4-7-14-22(19)34-26(23)29-24(30)16(2)33-18-10-8-9-17(27)15-18/h5-6,8-10,12-13,15-16H,3-4,7,11,14H2,1-2H3,(H,28,31)(H,29,30)/t16-/m0/s1. The molecule has 2 aromatic carbocycles. The first-order chi connectivity index (χ1) is 16.5. The molecule has 1 atom stereocenters. The summed E-state index contributed by atoms with van der Waals surface area (Å²) < 4.78 is 11.4. The van der Waals surface area contributed by atoms with Crippen molar-refractivity contribution >= 4 is 45.4 Å². The topological polar surface area (TPSA) is 76.7 Å². The molecular formula is C26H27ClN2O4S. The Morgan fingerprint density at radius 3 is 2.68 bits per heavy atom. The van der Waals surface area contributed by atoms with Crippen molar-refractivity contribution in [3.05, 3.63) is 69.6 Å². The van der Waals surface area contributed by atoms with E-state index in [9.17, 15) is 9.59 Å². The molecule has 34 heavy (non-hydrogen) atoms. The van der Waals surface area contributed by atoms with Crippen molar-refractivity contribution in [3.8, 4) is 11.5 Å². The molecule has 2 amide bonds. The van der Waals surface area contributed by atoms with Gasteiger partial charge in [-0.15, -0.1) is 11.3 Å². The SMILES string of the molecule is CCOc1ccccc1NC(=O)c1c(NC(=O)[C@H](C)Oc2cccc(Cl)c2)sc2c1CCCC2. The molecule has 0 saturated carbocycles. The Balaban J connectivity index is 1.57. The van der Waals surface area contributed by atoms with Crippen molar-refractivity contribution in [3.63, 3.8) is 0 Å². The summed E-state index contributed by atoms with van der Waals surface area (Å²) in [6.45, 7) is 4.06. The van der Waals surface area contributed by atoms with Gasteiger partial charge in [0, 0.05) is 9.90 Å². The first-order valence-corrected chi connectivity index (χ1v) is 12.6. The molecule has 178 valence electrons. The fourth-order valence-corrected chi connectivity index (χ4v) is 5.41. The Bertz CT molecular complexity index is 1190. The lowest BCUT2D eigenvalue weighted by molar-refractivity contribution is -0.122. The number of aryl methyl sites for hydroxylation is 1. The summed E-state index contributed by atoms with van der Waals surface area (Å²) in [4.78, 5) is 27.6. The lowest BCUT2D eigenvalue weighted by atomic mass is 9.95. The van der Waals surface area contributed by atoms with Gasteiger partial charge in [0.15, 0.2) is 6.10 Å². The summed E-state index contributed by atoms with van der Waals surface area (Å²) in [5, 5.41) is 7.00. The van der Waals surface area contributed by atoms with Crippen LogP contribution in [-0.2, 0) is 17.6 Å². The number of nitrogens with one attached hydrogen (secondary N) is 2. The monoisotopic (exact) mass is 498 g/mol. The predicted molar refractivity (Wildman–Crippen MR) is 137 cm³/mol. The molecule has 0 unspecified atom stereocenters. The number of para-hydroxylation sites is 2. The van der Waals surface area contributed by atoms with Gasteiger partial charge in [0.2, 0.25) is 0 Å². The molecule has 1 aliphatic carbocycles. The van der Waals surface area contributed by atoms with Gasteiger partial charge in [-0.25, -0.2) is 0 Å². The Hall–Kier alpha value is -3.03. The van der Waals surface area contributed by atoms with Crippen LogP contribution in [0, 0.1) is 0 Å². The van der Waals surface area contributed by atoms with Crippen LogP contribution in [-0.4, -0.2) is 24.5 Å². The third-order valence-electron chi connectivity index (χ3n) is 5.55. The van der Waals surface area contributed by atoms with Crippen molar-refractivity contribution in [2.24, 2.45) is 0 Å². The molecule has 2 N–H and O–H groups in total. The van der Waals surface area contributed by atoms with Crippen LogP contribution in [0.15, 0.2) is 48.5 Å². The number of halogens is 1. The second kappa shape index (κ2) is 10.9. The molecule has 0 spiro atoms. The maximum atomic E-state index is 13.4. The van der Waals surface area contributed by atoms with Crippen molar-refractivity contribution in [2.45, 2.75) is 45.6 Å². The first kappa shape index (κ1) is 24.1. The summed E-state index contributed by atoms with van der Waals surface area (Å²) in [5.74, 6) is 0.523. The lowest BCUT2D eigenvalue weighted by Gasteiger charge is -2.16. The minimum Gasteiger partial charge on any atom is -0.492 e. The number of carbonyl (C=O) groups excluding carboxylic acids is 2. The predicted octanol–water partition coefficient (Wildman–Crippen LogP) is 6.34. The number of amides is 2. The fraction of sp³-hybridized carbons (Fsp3) is 0.308. The highest BCUT2D eigenvalue weighted by atomic mass is 35.5. The molecular weight excluding hydrogens is 472 g/mol. The summed E-state index contributed by atoms with van der Waals surface area (Å²) in [5.41, 5.74) is 2.13. The summed E-state index contributed by atoms with van der Waals surface area (Å²) >= 11 is 7.49. The van der Waals surface area contributed by atoms with E-state index in [0.717, 1.165) is 36.1 Å². The van der Waals surface area contributed by atoms with Crippen LogP contribution in [0.5, 0.6) is 11.5 Å². The highest BCUT2D eigenvalue weighted by molar-refractivity contribution is 7.17. The number of fused-ring (bicyclic) bond motifs is 1. The number of hydrogen-bond acceptors (Lipinski definition) is 5. The first-order valence-electron chi connectivity index (χ1n) is 11.4. The Kier molecular flexibility index (Phi) is 7.75. The van der Waals surface area contributed by atoms with Crippen molar-refractivity contribution < 1.29 is 19.1 Å². The van der Waals surface area contributed by atoms with Crippen LogP contribution in [0.3, 0.4) is 0 Å². The maximum Gasteiger partial charge on any atom is 0.265 e. The molecule has 0 fully saturated rings. The minimum atomic E-state index is -0.771. The van der Waals surface area contributed by atoms with Crippen LogP contribution in [0.2, 0.25) is 5.02 Å². The number of thiophene rings is 1. The smallest absolute Gasteiger partial charge is 0.265 e. The van der Waals surface area contributed by atoms with E-state index < -0.39 is 6.10 Å². The third-order valence-corrected chi connectivity index (χ3v) is 6.99. The molecule has 1 aliphatic rings. The molecule has 0 saturated heterocycles. The van der Waals surface area contributed by atoms with Crippen LogP contribution in [0.4, 0.5) is 10.7 Å². The number of anilines is 2. The van der Waals surface area contributed by atoms with Gasteiger partial charge in [-0.1, -0.05) is 29.8 Å². The van der Waals surface area contributed by atoms with Crippen molar-refractivity contribution in [2.75, 3.05) is 17.2 Å².